The molecule has 1 amide bonds. The normalized spacial score (nSPS) is 39.5. The second kappa shape index (κ2) is 4.98. The number of rotatable bonds is 2. The van der Waals surface area contributed by atoms with Gasteiger partial charge in [0.25, 0.3) is 0 Å². The zero-order valence-corrected chi connectivity index (χ0v) is 12.9. The van der Waals surface area contributed by atoms with Crippen molar-refractivity contribution >= 4 is 15.7 Å². The van der Waals surface area contributed by atoms with Gasteiger partial charge in [0.1, 0.15) is 0 Å². The molecule has 2 saturated heterocycles. The lowest BCUT2D eigenvalue weighted by Crippen LogP contribution is -2.51. The van der Waals surface area contributed by atoms with E-state index in [0.717, 1.165) is 32.4 Å². The highest BCUT2D eigenvalue weighted by Gasteiger charge is 2.52. The molecule has 0 aromatic carbocycles. The molecule has 3 fully saturated rings. The van der Waals surface area contributed by atoms with Gasteiger partial charge in [0, 0.05) is 19.6 Å². The molecule has 1 saturated carbocycles. The highest BCUT2D eigenvalue weighted by Crippen LogP contribution is 2.45. The topological polar surface area (TPSA) is 66.5 Å². The largest absolute Gasteiger partial charge is 0.341 e. The first-order chi connectivity index (χ1) is 9.45. The van der Waals surface area contributed by atoms with Gasteiger partial charge in [0.15, 0.2) is 9.84 Å². The minimum absolute atomic E-state index is 0.120. The summed E-state index contributed by atoms with van der Waals surface area (Å²) in [6.45, 7) is 1.70. The average Bonchev–Trinajstić information content (AvgIpc) is 3.00. The van der Waals surface area contributed by atoms with Gasteiger partial charge in [-0.1, -0.05) is 12.8 Å². The summed E-state index contributed by atoms with van der Waals surface area (Å²) in [6, 6.07) is -0.120. The number of hydrogen-bond acceptors (Lipinski definition) is 4. The zero-order chi connectivity index (χ0) is 14.4. The lowest BCUT2D eigenvalue weighted by Gasteiger charge is -2.41. The number of carbonyl (C=O) groups excluding carboxylic acids is 1. The van der Waals surface area contributed by atoms with E-state index in [-0.39, 0.29) is 28.9 Å². The first kappa shape index (κ1) is 14.3. The van der Waals surface area contributed by atoms with E-state index in [1.807, 2.05) is 0 Å². The van der Waals surface area contributed by atoms with Crippen LogP contribution in [0.3, 0.4) is 0 Å². The second-order valence-corrected chi connectivity index (χ2v) is 8.93. The van der Waals surface area contributed by atoms with E-state index in [1.165, 1.54) is 6.42 Å². The van der Waals surface area contributed by atoms with Crippen molar-refractivity contribution < 1.29 is 13.2 Å². The maximum Gasteiger partial charge on any atom is 0.230 e. The highest BCUT2D eigenvalue weighted by atomic mass is 32.2. The SMILES string of the molecule is CN(C(=O)[C@@]12CCCC[C@H]1CNC2)C1CCS(=O)(=O)C1. The molecule has 3 rings (SSSR count). The number of nitrogens with one attached hydrogen (secondary N) is 1. The Kier molecular flexibility index (Phi) is 3.57. The summed E-state index contributed by atoms with van der Waals surface area (Å²) < 4.78 is 23.2. The Balaban J connectivity index is 1.78. The van der Waals surface area contributed by atoms with Crippen LogP contribution in [0.15, 0.2) is 0 Å². The van der Waals surface area contributed by atoms with Crippen LogP contribution >= 0.6 is 0 Å². The molecular formula is C14H24N2O3S. The smallest absolute Gasteiger partial charge is 0.230 e. The maximum atomic E-state index is 13.0. The molecule has 1 N–H and O–H groups in total. The molecule has 1 aliphatic carbocycles. The summed E-state index contributed by atoms with van der Waals surface area (Å²) in [5.41, 5.74) is -0.265. The average molecular weight is 300 g/mol. The van der Waals surface area contributed by atoms with Crippen molar-refractivity contribution in [2.75, 3.05) is 31.6 Å². The molecule has 3 aliphatic rings. The molecule has 2 aliphatic heterocycles. The molecule has 2 heterocycles. The van der Waals surface area contributed by atoms with Gasteiger partial charge >= 0.3 is 0 Å². The van der Waals surface area contributed by atoms with Crippen LogP contribution in [0.2, 0.25) is 0 Å². The molecule has 0 radical (unpaired) electrons. The van der Waals surface area contributed by atoms with E-state index in [9.17, 15) is 13.2 Å². The van der Waals surface area contributed by atoms with Crippen LogP contribution in [0.4, 0.5) is 0 Å². The molecule has 1 unspecified atom stereocenters. The van der Waals surface area contributed by atoms with E-state index in [1.54, 1.807) is 11.9 Å². The van der Waals surface area contributed by atoms with Crippen molar-refractivity contribution in [3.05, 3.63) is 0 Å². The standard InChI is InChI=1S/C14H24N2O3S/c1-16(12-5-7-20(18,19)9-12)13(17)14-6-3-2-4-11(14)8-15-10-14/h11-12,15H,2-10H2,1H3/t11-,12?,14+/m0/s1. The predicted octanol–water partition coefficient (Wildman–Crippen LogP) is 0.412. The quantitative estimate of drug-likeness (QED) is 0.802. The van der Waals surface area contributed by atoms with E-state index in [4.69, 9.17) is 0 Å². The van der Waals surface area contributed by atoms with Gasteiger partial charge in [0.05, 0.1) is 16.9 Å². The summed E-state index contributed by atoms with van der Waals surface area (Å²) in [6.07, 6.45) is 4.99. The van der Waals surface area contributed by atoms with Crippen molar-refractivity contribution in [1.82, 2.24) is 10.2 Å². The van der Waals surface area contributed by atoms with Crippen LogP contribution in [-0.2, 0) is 14.6 Å². The number of amides is 1. The number of nitrogens with zero attached hydrogens (tertiary/aromatic N) is 1. The zero-order valence-electron chi connectivity index (χ0n) is 12.1. The van der Waals surface area contributed by atoms with Crippen molar-refractivity contribution in [3.8, 4) is 0 Å². The van der Waals surface area contributed by atoms with Gasteiger partial charge in [-0.25, -0.2) is 8.42 Å². The molecule has 6 heteroatoms. The van der Waals surface area contributed by atoms with Crippen molar-refractivity contribution in [2.24, 2.45) is 11.3 Å². The summed E-state index contributed by atoms with van der Waals surface area (Å²) in [5, 5.41) is 3.38. The first-order valence-electron chi connectivity index (χ1n) is 7.63. The molecule has 3 atom stereocenters. The van der Waals surface area contributed by atoms with E-state index >= 15 is 0 Å². The van der Waals surface area contributed by atoms with Crippen LogP contribution in [0, 0.1) is 11.3 Å². The molecule has 114 valence electrons. The molecular weight excluding hydrogens is 276 g/mol. The van der Waals surface area contributed by atoms with Gasteiger partial charge in [-0.2, -0.15) is 0 Å². The van der Waals surface area contributed by atoms with Crippen molar-refractivity contribution in [1.29, 1.82) is 0 Å². The van der Waals surface area contributed by atoms with Gasteiger partial charge in [-0.05, 0) is 31.7 Å². The maximum absolute atomic E-state index is 13.0. The Morgan fingerprint density at radius 3 is 2.80 bits per heavy atom. The Morgan fingerprint density at radius 1 is 1.30 bits per heavy atom. The van der Waals surface area contributed by atoms with Crippen LogP contribution in [0.5, 0.6) is 0 Å². The summed E-state index contributed by atoms with van der Waals surface area (Å²) in [5.74, 6) is 0.978. The van der Waals surface area contributed by atoms with E-state index < -0.39 is 9.84 Å². The lowest BCUT2D eigenvalue weighted by atomic mass is 9.67. The fraction of sp³-hybridized carbons (Fsp3) is 0.929. The first-order valence-corrected chi connectivity index (χ1v) is 9.45. The summed E-state index contributed by atoms with van der Waals surface area (Å²) in [7, 11) is -1.14. The third kappa shape index (κ3) is 2.26. The lowest BCUT2D eigenvalue weighted by molar-refractivity contribution is -0.145. The number of sulfone groups is 1. The summed E-state index contributed by atoms with van der Waals surface area (Å²) >= 11 is 0. The fourth-order valence-electron chi connectivity index (χ4n) is 4.27. The molecule has 20 heavy (non-hydrogen) atoms. The Morgan fingerprint density at radius 2 is 2.10 bits per heavy atom. The number of carbonyl (C=O) groups is 1. The van der Waals surface area contributed by atoms with E-state index in [0.29, 0.717) is 12.3 Å². The molecule has 0 bridgehead atoms. The van der Waals surface area contributed by atoms with Gasteiger partial charge in [-0.3, -0.25) is 4.79 Å². The van der Waals surface area contributed by atoms with Crippen molar-refractivity contribution in [2.45, 2.75) is 38.1 Å². The highest BCUT2D eigenvalue weighted by molar-refractivity contribution is 7.91. The minimum Gasteiger partial charge on any atom is -0.341 e. The van der Waals surface area contributed by atoms with E-state index in [2.05, 4.69) is 5.32 Å². The third-order valence-corrected chi connectivity index (χ3v) is 7.29. The number of hydrogen-bond donors (Lipinski definition) is 1. The Labute approximate surface area is 121 Å². The number of fused-ring (bicyclic) bond motifs is 1. The van der Waals surface area contributed by atoms with Gasteiger partial charge in [-0.15, -0.1) is 0 Å². The van der Waals surface area contributed by atoms with Crippen LogP contribution < -0.4 is 5.32 Å². The van der Waals surface area contributed by atoms with Gasteiger partial charge < -0.3 is 10.2 Å². The predicted molar refractivity (Wildman–Crippen MR) is 77.1 cm³/mol. The van der Waals surface area contributed by atoms with Crippen molar-refractivity contribution in [3.63, 3.8) is 0 Å². The second-order valence-electron chi connectivity index (χ2n) is 6.70. The minimum atomic E-state index is -2.94. The van der Waals surface area contributed by atoms with Gasteiger partial charge in [0.2, 0.25) is 5.91 Å². The van der Waals surface area contributed by atoms with Crippen LogP contribution in [-0.4, -0.2) is 56.9 Å². The third-order valence-electron chi connectivity index (χ3n) is 5.54. The van der Waals surface area contributed by atoms with Crippen LogP contribution in [0.1, 0.15) is 32.1 Å². The molecule has 0 aromatic heterocycles. The molecule has 0 aromatic rings. The molecule has 0 spiro atoms. The molecule has 5 nitrogen and oxygen atoms in total. The Hall–Kier alpha value is -0.620. The fourth-order valence-corrected chi connectivity index (χ4v) is 6.04. The monoisotopic (exact) mass is 300 g/mol. The Bertz CT molecular complexity index is 505. The van der Waals surface area contributed by atoms with Crippen LogP contribution in [0.25, 0.3) is 0 Å². The summed E-state index contributed by atoms with van der Waals surface area (Å²) in [4.78, 5) is 14.7.